The van der Waals surface area contributed by atoms with E-state index in [0.717, 1.165) is 17.1 Å². The molecule has 17 heavy (non-hydrogen) atoms. The number of rotatable bonds is 3. The largest absolute Gasteiger partial charge is 0.486 e. The molecule has 1 aliphatic heterocycles. The van der Waals surface area contributed by atoms with Crippen molar-refractivity contribution in [1.82, 2.24) is 5.32 Å². The average molecular weight is 231 g/mol. The maximum absolute atomic E-state index is 5.53. The predicted molar refractivity (Wildman–Crippen MR) is 67.2 cm³/mol. The van der Waals surface area contributed by atoms with E-state index < -0.39 is 0 Å². The number of fused-ring (bicyclic) bond motifs is 1. The summed E-state index contributed by atoms with van der Waals surface area (Å²) in [5.74, 6) is 4.34. The summed E-state index contributed by atoms with van der Waals surface area (Å²) in [6.07, 6.45) is 5.42. The molecule has 3 heteroatoms. The van der Waals surface area contributed by atoms with Crippen LogP contribution in [0.25, 0.3) is 0 Å². The molecule has 1 aromatic rings. The van der Waals surface area contributed by atoms with Gasteiger partial charge in [-0.15, -0.1) is 6.42 Å². The second-order valence-corrected chi connectivity index (χ2v) is 4.60. The van der Waals surface area contributed by atoms with Crippen LogP contribution >= 0.6 is 0 Å². The molecular formula is C14H17NO2. The molecule has 0 bridgehead atoms. The third-order valence-corrected chi connectivity index (χ3v) is 2.70. The lowest BCUT2D eigenvalue weighted by atomic mass is 10.1. The Bertz CT molecular complexity index is 446. The molecule has 1 aromatic carbocycles. The van der Waals surface area contributed by atoms with Crippen LogP contribution in [0, 0.1) is 12.3 Å². The van der Waals surface area contributed by atoms with Crippen molar-refractivity contribution in [3.63, 3.8) is 0 Å². The third kappa shape index (κ3) is 2.92. The number of ether oxygens (including phenoxy) is 2. The monoisotopic (exact) mass is 231 g/mol. The fraction of sp³-hybridized carbons (Fsp3) is 0.429. The second-order valence-electron chi connectivity index (χ2n) is 4.60. The Morgan fingerprint density at radius 1 is 1.29 bits per heavy atom. The van der Waals surface area contributed by atoms with Crippen molar-refractivity contribution in [2.45, 2.75) is 25.9 Å². The summed E-state index contributed by atoms with van der Waals surface area (Å²) in [6.45, 7) is 5.90. The first-order valence-corrected chi connectivity index (χ1v) is 5.72. The highest BCUT2D eigenvalue weighted by atomic mass is 16.6. The minimum absolute atomic E-state index is 0.298. The van der Waals surface area contributed by atoms with Gasteiger partial charge in [0.05, 0.1) is 5.54 Å². The van der Waals surface area contributed by atoms with Crippen molar-refractivity contribution < 1.29 is 9.47 Å². The Labute approximate surface area is 102 Å². The van der Waals surface area contributed by atoms with Gasteiger partial charge in [0, 0.05) is 6.54 Å². The highest BCUT2D eigenvalue weighted by molar-refractivity contribution is 5.43. The molecule has 0 amide bonds. The van der Waals surface area contributed by atoms with Crippen molar-refractivity contribution >= 4 is 0 Å². The van der Waals surface area contributed by atoms with Gasteiger partial charge in [0.15, 0.2) is 11.5 Å². The molecule has 0 fully saturated rings. The van der Waals surface area contributed by atoms with Crippen LogP contribution in [-0.4, -0.2) is 18.8 Å². The highest BCUT2D eigenvalue weighted by Gasteiger charge is 2.14. The molecule has 0 radical (unpaired) electrons. The first-order valence-electron chi connectivity index (χ1n) is 5.72. The van der Waals surface area contributed by atoms with Gasteiger partial charge in [-0.2, -0.15) is 0 Å². The Hall–Kier alpha value is -1.66. The van der Waals surface area contributed by atoms with Crippen LogP contribution in [0.3, 0.4) is 0 Å². The van der Waals surface area contributed by atoms with Gasteiger partial charge in [0.1, 0.15) is 13.2 Å². The number of hydrogen-bond acceptors (Lipinski definition) is 3. The predicted octanol–water partition coefficient (Wildman–Crippen LogP) is 1.96. The molecule has 3 nitrogen and oxygen atoms in total. The molecule has 90 valence electrons. The van der Waals surface area contributed by atoms with Crippen molar-refractivity contribution in [1.29, 1.82) is 0 Å². The molecule has 1 aliphatic rings. The lowest BCUT2D eigenvalue weighted by molar-refractivity contribution is 0.171. The van der Waals surface area contributed by atoms with Crippen LogP contribution in [0.15, 0.2) is 18.2 Å². The number of benzene rings is 1. The van der Waals surface area contributed by atoms with Crippen molar-refractivity contribution in [2.24, 2.45) is 0 Å². The van der Waals surface area contributed by atoms with E-state index in [2.05, 4.69) is 11.2 Å². The van der Waals surface area contributed by atoms with Gasteiger partial charge in [-0.1, -0.05) is 12.0 Å². The Kier molecular flexibility index (Phi) is 3.26. The van der Waals surface area contributed by atoms with E-state index in [1.54, 1.807) is 0 Å². The van der Waals surface area contributed by atoms with Gasteiger partial charge in [-0.3, -0.25) is 5.32 Å². The summed E-state index contributed by atoms with van der Waals surface area (Å²) in [5, 5.41) is 3.30. The zero-order valence-corrected chi connectivity index (χ0v) is 10.2. The van der Waals surface area contributed by atoms with Crippen LogP contribution in [0.4, 0.5) is 0 Å². The molecule has 0 saturated carbocycles. The zero-order chi connectivity index (χ0) is 12.3. The molecule has 0 aliphatic carbocycles. The van der Waals surface area contributed by atoms with Gasteiger partial charge in [-0.05, 0) is 31.5 Å². The summed E-state index contributed by atoms with van der Waals surface area (Å²) in [6, 6.07) is 5.95. The normalized spacial score (nSPS) is 14.2. The van der Waals surface area contributed by atoms with Crippen LogP contribution in [0.2, 0.25) is 0 Å². The molecule has 0 atom stereocenters. The first-order chi connectivity index (χ1) is 8.11. The minimum Gasteiger partial charge on any atom is -0.486 e. The molecule has 0 aromatic heterocycles. The minimum atomic E-state index is -0.298. The summed E-state index contributed by atoms with van der Waals surface area (Å²) in [7, 11) is 0. The van der Waals surface area contributed by atoms with Crippen LogP contribution in [-0.2, 0) is 6.54 Å². The molecule has 0 spiro atoms. The van der Waals surface area contributed by atoms with Gasteiger partial charge in [-0.25, -0.2) is 0 Å². The average Bonchev–Trinajstić information content (AvgIpc) is 2.36. The van der Waals surface area contributed by atoms with Crippen LogP contribution < -0.4 is 14.8 Å². The van der Waals surface area contributed by atoms with Crippen molar-refractivity contribution in [3.05, 3.63) is 23.8 Å². The lowest BCUT2D eigenvalue weighted by Crippen LogP contribution is -2.36. The smallest absolute Gasteiger partial charge is 0.161 e. The Balaban J connectivity index is 2.05. The van der Waals surface area contributed by atoms with Gasteiger partial charge >= 0.3 is 0 Å². The van der Waals surface area contributed by atoms with E-state index in [1.807, 2.05) is 32.0 Å². The molecule has 0 saturated heterocycles. The highest BCUT2D eigenvalue weighted by Crippen LogP contribution is 2.30. The molecular weight excluding hydrogens is 214 g/mol. The molecule has 2 rings (SSSR count). The van der Waals surface area contributed by atoms with Crippen LogP contribution in [0.1, 0.15) is 19.4 Å². The maximum atomic E-state index is 5.53. The second kappa shape index (κ2) is 4.68. The summed E-state index contributed by atoms with van der Waals surface area (Å²) < 4.78 is 11.0. The SMILES string of the molecule is C#CC(C)(C)NCc1ccc2c(c1)OCCO2. The topological polar surface area (TPSA) is 30.5 Å². The van der Waals surface area contributed by atoms with E-state index in [-0.39, 0.29) is 5.54 Å². The molecule has 0 unspecified atom stereocenters. The third-order valence-electron chi connectivity index (χ3n) is 2.70. The lowest BCUT2D eigenvalue weighted by Gasteiger charge is -2.21. The Morgan fingerprint density at radius 2 is 2.00 bits per heavy atom. The quantitative estimate of drug-likeness (QED) is 0.807. The Morgan fingerprint density at radius 3 is 2.71 bits per heavy atom. The van der Waals surface area contributed by atoms with E-state index in [1.165, 1.54) is 0 Å². The molecule has 1 N–H and O–H groups in total. The fourth-order valence-electron chi connectivity index (χ4n) is 1.57. The number of hydrogen-bond donors (Lipinski definition) is 1. The van der Waals surface area contributed by atoms with E-state index >= 15 is 0 Å². The summed E-state index contributed by atoms with van der Waals surface area (Å²) >= 11 is 0. The first kappa shape index (κ1) is 11.8. The zero-order valence-electron chi connectivity index (χ0n) is 10.2. The van der Waals surface area contributed by atoms with Crippen molar-refractivity contribution in [3.8, 4) is 23.8 Å². The van der Waals surface area contributed by atoms with E-state index in [9.17, 15) is 0 Å². The maximum Gasteiger partial charge on any atom is 0.161 e. The number of terminal acetylenes is 1. The standard InChI is InChI=1S/C14H17NO2/c1-4-14(2,3)15-10-11-5-6-12-13(9-11)17-8-7-16-12/h1,5-6,9,15H,7-8,10H2,2-3H3. The van der Waals surface area contributed by atoms with Crippen LogP contribution in [0.5, 0.6) is 11.5 Å². The molecule has 1 heterocycles. The van der Waals surface area contributed by atoms with E-state index in [0.29, 0.717) is 19.8 Å². The summed E-state index contributed by atoms with van der Waals surface area (Å²) in [5.41, 5.74) is 0.838. The number of nitrogens with one attached hydrogen (secondary N) is 1. The van der Waals surface area contributed by atoms with Gasteiger partial charge in [0.2, 0.25) is 0 Å². The summed E-state index contributed by atoms with van der Waals surface area (Å²) in [4.78, 5) is 0. The van der Waals surface area contributed by atoms with E-state index in [4.69, 9.17) is 15.9 Å². The van der Waals surface area contributed by atoms with Gasteiger partial charge in [0.25, 0.3) is 0 Å². The van der Waals surface area contributed by atoms with Gasteiger partial charge < -0.3 is 9.47 Å². The van der Waals surface area contributed by atoms with Crippen molar-refractivity contribution in [2.75, 3.05) is 13.2 Å². The fourth-order valence-corrected chi connectivity index (χ4v) is 1.57.